The summed E-state index contributed by atoms with van der Waals surface area (Å²) in [7, 11) is 0. The molecule has 1 heterocycles. The number of ether oxygens (including phenoxy) is 1. The molecule has 26 heavy (non-hydrogen) atoms. The van der Waals surface area contributed by atoms with Gasteiger partial charge in [0.25, 0.3) is 0 Å². The minimum Gasteiger partial charge on any atom is -0.457 e. The number of halogens is 2. The Morgan fingerprint density at radius 1 is 0.808 bits per heavy atom. The van der Waals surface area contributed by atoms with E-state index in [1.807, 2.05) is 25.1 Å². The summed E-state index contributed by atoms with van der Waals surface area (Å²) in [6.07, 6.45) is 1.65. The van der Waals surface area contributed by atoms with Crippen molar-refractivity contribution in [3.8, 4) is 22.8 Å². The minimum absolute atomic E-state index is 0.283. The first-order valence-electron chi connectivity index (χ1n) is 8.05. The van der Waals surface area contributed by atoms with Gasteiger partial charge in [-0.1, -0.05) is 0 Å². The zero-order valence-electron chi connectivity index (χ0n) is 13.9. The van der Waals surface area contributed by atoms with Gasteiger partial charge in [-0.25, -0.2) is 8.78 Å². The molecule has 0 bridgehead atoms. The van der Waals surface area contributed by atoms with Gasteiger partial charge in [0.2, 0.25) is 0 Å². The second-order valence-corrected chi connectivity index (χ2v) is 5.96. The Labute approximate surface area is 148 Å². The van der Waals surface area contributed by atoms with E-state index < -0.39 is 0 Å². The predicted octanol–water partition coefficient (Wildman–Crippen LogP) is 5.68. The van der Waals surface area contributed by atoms with E-state index in [-0.39, 0.29) is 11.6 Å². The molecule has 0 aliphatic heterocycles. The van der Waals surface area contributed by atoms with Gasteiger partial charge in [-0.15, -0.1) is 5.10 Å². The van der Waals surface area contributed by atoms with Crippen LogP contribution in [0.5, 0.6) is 11.5 Å². The fourth-order valence-electron chi connectivity index (χ4n) is 2.86. The second kappa shape index (κ2) is 6.52. The van der Waals surface area contributed by atoms with Gasteiger partial charge in [0.1, 0.15) is 28.8 Å². The van der Waals surface area contributed by atoms with E-state index in [0.29, 0.717) is 17.2 Å². The number of benzene rings is 3. The Bertz CT molecular complexity index is 1090. The van der Waals surface area contributed by atoms with E-state index in [2.05, 4.69) is 10.2 Å². The van der Waals surface area contributed by atoms with Crippen LogP contribution < -0.4 is 4.74 Å². The summed E-state index contributed by atoms with van der Waals surface area (Å²) in [5.41, 5.74) is 2.31. The van der Waals surface area contributed by atoms with Crippen LogP contribution in [0.2, 0.25) is 0 Å². The lowest BCUT2D eigenvalue weighted by Crippen LogP contribution is -1.93. The molecule has 128 valence electrons. The maximum absolute atomic E-state index is 13.4. The fraction of sp³-hybridized carbons (Fsp3) is 0.0476. The quantitative estimate of drug-likeness (QED) is 0.478. The van der Waals surface area contributed by atoms with Crippen molar-refractivity contribution < 1.29 is 13.5 Å². The molecule has 0 saturated heterocycles. The van der Waals surface area contributed by atoms with Crippen LogP contribution in [0.3, 0.4) is 0 Å². The largest absolute Gasteiger partial charge is 0.457 e. The van der Waals surface area contributed by atoms with Crippen molar-refractivity contribution in [2.45, 2.75) is 6.92 Å². The summed E-state index contributed by atoms with van der Waals surface area (Å²) < 4.78 is 32.2. The molecule has 0 N–H and O–H groups in total. The average molecular weight is 348 g/mol. The standard InChI is InChI=1S/C21H14F2N2O/c1-13-10-16(23)4-8-19(13)21-20-9-7-18(11-14(20)12-24-25-21)26-17-5-2-15(22)3-6-17/h2-12H,1H3. The van der Waals surface area contributed by atoms with Crippen LogP contribution in [-0.4, -0.2) is 10.2 Å². The Morgan fingerprint density at radius 2 is 1.54 bits per heavy atom. The summed E-state index contributed by atoms with van der Waals surface area (Å²) in [6, 6.07) is 16.0. The van der Waals surface area contributed by atoms with Gasteiger partial charge >= 0.3 is 0 Å². The maximum Gasteiger partial charge on any atom is 0.128 e. The van der Waals surface area contributed by atoms with Crippen molar-refractivity contribution >= 4 is 10.8 Å². The summed E-state index contributed by atoms with van der Waals surface area (Å²) in [5.74, 6) is 0.557. The Kier molecular flexibility index (Phi) is 4.05. The van der Waals surface area contributed by atoms with Crippen molar-refractivity contribution in [2.24, 2.45) is 0 Å². The molecule has 4 rings (SSSR count). The number of aryl methyl sites for hydroxylation is 1. The first-order chi connectivity index (χ1) is 12.6. The van der Waals surface area contributed by atoms with Crippen molar-refractivity contribution in [1.29, 1.82) is 0 Å². The van der Waals surface area contributed by atoms with Crippen molar-refractivity contribution in [3.63, 3.8) is 0 Å². The van der Waals surface area contributed by atoms with Crippen molar-refractivity contribution in [2.75, 3.05) is 0 Å². The molecule has 0 saturated carbocycles. The molecule has 0 amide bonds. The van der Waals surface area contributed by atoms with Crippen LogP contribution in [0.15, 0.2) is 66.9 Å². The minimum atomic E-state index is -0.314. The van der Waals surface area contributed by atoms with Gasteiger partial charge in [0, 0.05) is 16.3 Å². The van der Waals surface area contributed by atoms with Crippen LogP contribution in [0.1, 0.15) is 5.56 Å². The Balaban J connectivity index is 1.75. The first kappa shape index (κ1) is 16.1. The van der Waals surface area contributed by atoms with Gasteiger partial charge < -0.3 is 4.74 Å². The molecular formula is C21H14F2N2O. The second-order valence-electron chi connectivity index (χ2n) is 5.96. The SMILES string of the molecule is Cc1cc(F)ccc1-c1nncc2cc(Oc3ccc(F)cc3)ccc12. The molecule has 1 aromatic heterocycles. The van der Waals surface area contributed by atoms with Crippen LogP contribution in [-0.2, 0) is 0 Å². The summed E-state index contributed by atoms with van der Waals surface area (Å²) in [4.78, 5) is 0. The molecule has 3 nitrogen and oxygen atoms in total. The highest BCUT2D eigenvalue weighted by molar-refractivity contribution is 5.95. The van der Waals surface area contributed by atoms with Gasteiger partial charge in [-0.3, -0.25) is 0 Å². The number of fused-ring (bicyclic) bond motifs is 1. The molecule has 0 fully saturated rings. The van der Waals surface area contributed by atoms with E-state index in [1.54, 1.807) is 24.4 Å². The van der Waals surface area contributed by atoms with E-state index in [1.165, 1.54) is 24.3 Å². The van der Waals surface area contributed by atoms with E-state index in [9.17, 15) is 8.78 Å². The molecule has 5 heteroatoms. The smallest absolute Gasteiger partial charge is 0.128 e. The number of rotatable bonds is 3. The number of aromatic nitrogens is 2. The highest BCUT2D eigenvalue weighted by Gasteiger charge is 2.11. The summed E-state index contributed by atoms with van der Waals surface area (Å²) >= 11 is 0. The molecule has 0 unspecified atom stereocenters. The van der Waals surface area contributed by atoms with Crippen LogP contribution in [0.25, 0.3) is 22.0 Å². The van der Waals surface area contributed by atoms with E-state index >= 15 is 0 Å². The van der Waals surface area contributed by atoms with Gasteiger partial charge in [-0.2, -0.15) is 5.10 Å². The third-order valence-electron chi connectivity index (χ3n) is 4.13. The topological polar surface area (TPSA) is 35.0 Å². The third-order valence-corrected chi connectivity index (χ3v) is 4.13. The van der Waals surface area contributed by atoms with Crippen LogP contribution in [0.4, 0.5) is 8.78 Å². The highest BCUT2D eigenvalue weighted by Crippen LogP contribution is 2.32. The summed E-state index contributed by atoms with van der Waals surface area (Å²) in [6.45, 7) is 1.84. The highest BCUT2D eigenvalue weighted by atomic mass is 19.1. The van der Waals surface area contributed by atoms with Gasteiger partial charge in [0.15, 0.2) is 0 Å². The zero-order valence-corrected chi connectivity index (χ0v) is 13.9. The molecule has 4 aromatic rings. The third kappa shape index (κ3) is 3.11. The molecule has 0 radical (unpaired) electrons. The predicted molar refractivity (Wildman–Crippen MR) is 96.1 cm³/mol. The molecule has 0 aliphatic carbocycles. The molecule has 0 spiro atoms. The maximum atomic E-state index is 13.4. The molecule has 0 aliphatic rings. The van der Waals surface area contributed by atoms with Gasteiger partial charge in [0.05, 0.1) is 6.20 Å². The first-order valence-corrected chi connectivity index (χ1v) is 8.05. The summed E-state index contributed by atoms with van der Waals surface area (Å²) in [5, 5.41) is 10.0. The lowest BCUT2D eigenvalue weighted by Gasteiger charge is -2.10. The van der Waals surface area contributed by atoms with Crippen molar-refractivity contribution in [3.05, 3.63) is 84.1 Å². The monoisotopic (exact) mass is 348 g/mol. The Hall–Kier alpha value is -3.34. The average Bonchev–Trinajstić information content (AvgIpc) is 2.63. The van der Waals surface area contributed by atoms with Crippen molar-refractivity contribution in [1.82, 2.24) is 10.2 Å². The van der Waals surface area contributed by atoms with E-state index in [4.69, 9.17) is 4.74 Å². The number of hydrogen-bond donors (Lipinski definition) is 0. The van der Waals surface area contributed by atoms with E-state index in [0.717, 1.165) is 21.9 Å². The number of nitrogens with zero attached hydrogens (tertiary/aromatic N) is 2. The molecule has 0 atom stereocenters. The fourth-order valence-corrected chi connectivity index (χ4v) is 2.86. The normalized spacial score (nSPS) is 10.9. The molecule has 3 aromatic carbocycles. The zero-order chi connectivity index (χ0) is 18.1. The lowest BCUT2D eigenvalue weighted by molar-refractivity contribution is 0.481. The van der Waals surface area contributed by atoms with Gasteiger partial charge in [-0.05, 0) is 73.2 Å². The van der Waals surface area contributed by atoms with Crippen LogP contribution in [0, 0.1) is 18.6 Å². The van der Waals surface area contributed by atoms with Crippen LogP contribution >= 0.6 is 0 Å². The Morgan fingerprint density at radius 3 is 2.31 bits per heavy atom. The lowest BCUT2D eigenvalue weighted by atomic mass is 10.0. The molecular weight excluding hydrogens is 334 g/mol. The number of hydrogen-bond acceptors (Lipinski definition) is 3.